The smallest absolute Gasteiger partial charge is 0.264 e. The van der Waals surface area contributed by atoms with Crippen molar-refractivity contribution in [1.29, 1.82) is 0 Å². The van der Waals surface area contributed by atoms with Gasteiger partial charge < -0.3 is 19.7 Å². The van der Waals surface area contributed by atoms with E-state index in [4.69, 9.17) is 32.7 Å². The number of anilines is 1. The second-order valence-electron chi connectivity index (χ2n) is 12.2. The number of hydrogen-bond acceptors (Lipinski definition) is 6. The van der Waals surface area contributed by atoms with Crippen LogP contribution in [0.2, 0.25) is 10.0 Å². The van der Waals surface area contributed by atoms with Gasteiger partial charge in [0.25, 0.3) is 10.0 Å². The molecular formula is C38H41Cl2N3O6S. The highest BCUT2D eigenvalue weighted by Gasteiger charge is 2.36. The minimum atomic E-state index is -4.37. The van der Waals surface area contributed by atoms with Crippen molar-refractivity contribution in [2.75, 3.05) is 25.1 Å². The van der Waals surface area contributed by atoms with Gasteiger partial charge in [0.15, 0.2) is 11.5 Å². The van der Waals surface area contributed by atoms with Crippen molar-refractivity contribution in [3.8, 4) is 11.5 Å². The maximum atomic E-state index is 14.7. The molecule has 0 bridgehead atoms. The molecule has 1 atom stereocenters. The lowest BCUT2D eigenvalue weighted by Crippen LogP contribution is -2.55. The second-order valence-corrected chi connectivity index (χ2v) is 14.9. The summed E-state index contributed by atoms with van der Waals surface area (Å²) < 4.78 is 40.6. The van der Waals surface area contributed by atoms with Crippen molar-refractivity contribution in [2.45, 2.75) is 62.0 Å². The van der Waals surface area contributed by atoms with Gasteiger partial charge in [-0.25, -0.2) is 8.42 Å². The number of hydrogen-bond donors (Lipinski definition) is 1. The van der Waals surface area contributed by atoms with Gasteiger partial charge in [0.05, 0.1) is 24.8 Å². The average molecular weight is 739 g/mol. The number of ether oxygens (including phenoxy) is 2. The molecule has 1 aliphatic carbocycles. The van der Waals surface area contributed by atoms with E-state index in [1.165, 1.54) is 49.5 Å². The number of amides is 2. The molecule has 1 N–H and O–H groups in total. The van der Waals surface area contributed by atoms with Crippen LogP contribution in [-0.2, 0) is 32.6 Å². The van der Waals surface area contributed by atoms with Gasteiger partial charge in [-0.3, -0.25) is 13.9 Å². The molecule has 4 aromatic carbocycles. The Labute approximate surface area is 304 Å². The van der Waals surface area contributed by atoms with Crippen molar-refractivity contribution in [3.05, 3.63) is 118 Å². The molecule has 1 fully saturated rings. The Morgan fingerprint density at radius 3 is 2.14 bits per heavy atom. The van der Waals surface area contributed by atoms with Gasteiger partial charge in [0.2, 0.25) is 11.8 Å². The van der Waals surface area contributed by atoms with Crippen molar-refractivity contribution < 1.29 is 27.5 Å². The van der Waals surface area contributed by atoms with Gasteiger partial charge in [-0.05, 0) is 72.5 Å². The third-order valence-corrected chi connectivity index (χ3v) is 11.1. The van der Waals surface area contributed by atoms with Gasteiger partial charge >= 0.3 is 0 Å². The van der Waals surface area contributed by atoms with Crippen molar-refractivity contribution in [2.24, 2.45) is 0 Å². The van der Waals surface area contributed by atoms with Crippen molar-refractivity contribution in [1.82, 2.24) is 10.2 Å². The topological polar surface area (TPSA) is 105 Å². The second kappa shape index (κ2) is 17.1. The molecular weight excluding hydrogens is 697 g/mol. The highest BCUT2D eigenvalue weighted by Crippen LogP contribution is 2.33. The summed E-state index contributed by atoms with van der Waals surface area (Å²) in [6.45, 7) is -0.597. The van der Waals surface area contributed by atoms with Crippen LogP contribution in [0.25, 0.3) is 0 Å². The zero-order valence-corrected chi connectivity index (χ0v) is 30.4. The molecule has 9 nitrogen and oxygen atoms in total. The van der Waals surface area contributed by atoms with Crippen LogP contribution < -0.4 is 19.1 Å². The number of benzene rings is 4. The van der Waals surface area contributed by atoms with Crippen molar-refractivity contribution >= 4 is 50.7 Å². The van der Waals surface area contributed by atoms with Gasteiger partial charge in [-0.2, -0.15) is 0 Å². The van der Waals surface area contributed by atoms with Crippen LogP contribution in [0.1, 0.15) is 43.2 Å². The Bertz CT molecular complexity index is 1870. The zero-order chi connectivity index (χ0) is 35.7. The lowest BCUT2D eigenvalue weighted by Gasteiger charge is -2.35. The van der Waals surface area contributed by atoms with Crippen LogP contribution in [-0.4, -0.2) is 58.0 Å². The Morgan fingerprint density at radius 1 is 0.800 bits per heavy atom. The largest absolute Gasteiger partial charge is 0.493 e. The summed E-state index contributed by atoms with van der Waals surface area (Å²) in [7, 11) is -1.51. The molecule has 0 spiro atoms. The quantitative estimate of drug-likeness (QED) is 0.146. The molecule has 0 aromatic heterocycles. The molecule has 264 valence electrons. The van der Waals surface area contributed by atoms with Crippen molar-refractivity contribution in [3.63, 3.8) is 0 Å². The molecule has 2 amide bonds. The predicted octanol–water partition coefficient (Wildman–Crippen LogP) is 7.29. The first-order valence-electron chi connectivity index (χ1n) is 16.5. The summed E-state index contributed by atoms with van der Waals surface area (Å²) in [6.07, 6.45) is 5.09. The first-order chi connectivity index (χ1) is 24.1. The van der Waals surface area contributed by atoms with E-state index in [0.29, 0.717) is 21.4 Å². The molecule has 12 heteroatoms. The Balaban J connectivity index is 1.58. The number of sulfonamides is 1. The molecule has 0 saturated heterocycles. The van der Waals surface area contributed by atoms with Crippen LogP contribution in [0.4, 0.5) is 5.69 Å². The standard InChI is InChI=1S/C38H41Cl2N3O6S/c1-48-35-21-20-33(24-36(35)49-2)50(46,47)43(32-18-16-29(39)17-19-32)26-37(44)42(25-28-12-9-13-30(40)22-28)34(23-27-10-5-3-6-11-27)38(45)41-31-14-7-4-8-15-31/h3,5-6,9-13,16-22,24,31,34H,4,7-8,14-15,23,25-26H2,1-2H3,(H,41,45). The minimum Gasteiger partial charge on any atom is -0.493 e. The van der Waals surface area contributed by atoms with E-state index in [9.17, 15) is 18.0 Å². The summed E-state index contributed by atoms with van der Waals surface area (Å²) in [6, 6.07) is 26.0. The van der Waals surface area contributed by atoms with Crippen LogP contribution in [0.15, 0.2) is 102 Å². The SMILES string of the molecule is COc1ccc(S(=O)(=O)N(CC(=O)N(Cc2cccc(Cl)c2)C(Cc2ccccc2)C(=O)NC2CCCCC2)c2ccc(Cl)cc2)cc1OC. The maximum Gasteiger partial charge on any atom is 0.264 e. The van der Waals surface area contributed by atoms with E-state index in [1.54, 1.807) is 30.3 Å². The van der Waals surface area contributed by atoms with Gasteiger partial charge in [0.1, 0.15) is 12.6 Å². The number of rotatable bonds is 14. The highest BCUT2D eigenvalue weighted by molar-refractivity contribution is 7.92. The van der Waals surface area contributed by atoms with E-state index in [-0.39, 0.29) is 41.2 Å². The fourth-order valence-corrected chi connectivity index (χ4v) is 7.94. The fraction of sp³-hybridized carbons (Fsp3) is 0.316. The van der Waals surface area contributed by atoms with Gasteiger partial charge in [-0.15, -0.1) is 0 Å². The van der Waals surface area contributed by atoms with Gasteiger partial charge in [-0.1, -0.05) is 84.9 Å². The number of methoxy groups -OCH3 is 2. The van der Waals surface area contributed by atoms with E-state index in [2.05, 4.69) is 5.32 Å². The molecule has 1 aliphatic rings. The van der Waals surface area contributed by atoms with Crippen LogP contribution >= 0.6 is 23.2 Å². The van der Waals surface area contributed by atoms with E-state index in [0.717, 1.165) is 42.0 Å². The average Bonchev–Trinajstić information content (AvgIpc) is 3.12. The lowest BCUT2D eigenvalue weighted by atomic mass is 9.94. The summed E-state index contributed by atoms with van der Waals surface area (Å²) in [5, 5.41) is 4.08. The number of nitrogens with one attached hydrogen (secondary N) is 1. The Morgan fingerprint density at radius 2 is 1.48 bits per heavy atom. The normalized spacial score (nSPS) is 14.0. The first kappa shape index (κ1) is 37.0. The van der Waals surface area contributed by atoms with Gasteiger partial charge in [0, 0.05) is 35.1 Å². The third kappa shape index (κ3) is 9.29. The minimum absolute atomic E-state index is 0.00589. The molecule has 5 rings (SSSR count). The van der Waals surface area contributed by atoms with Crippen LogP contribution in [0, 0.1) is 0 Å². The number of halogens is 2. The maximum absolute atomic E-state index is 14.7. The summed E-state index contributed by atoms with van der Waals surface area (Å²) in [5.74, 6) is -0.317. The van der Waals surface area contributed by atoms with E-state index < -0.39 is 28.5 Å². The molecule has 1 saturated carbocycles. The molecule has 0 aliphatic heterocycles. The summed E-state index contributed by atoms with van der Waals surface area (Å²) in [5.41, 5.74) is 1.76. The Kier molecular flexibility index (Phi) is 12.7. The summed E-state index contributed by atoms with van der Waals surface area (Å²) in [4.78, 5) is 30.4. The van der Waals surface area contributed by atoms with Crippen LogP contribution in [0.5, 0.6) is 11.5 Å². The summed E-state index contributed by atoms with van der Waals surface area (Å²) >= 11 is 12.5. The Hall–Kier alpha value is -4.25. The highest BCUT2D eigenvalue weighted by atomic mass is 35.5. The van der Waals surface area contributed by atoms with Crippen LogP contribution in [0.3, 0.4) is 0 Å². The molecule has 0 heterocycles. The monoisotopic (exact) mass is 737 g/mol. The number of carbonyl (C=O) groups excluding carboxylic acids is 2. The molecule has 50 heavy (non-hydrogen) atoms. The zero-order valence-electron chi connectivity index (χ0n) is 28.1. The first-order valence-corrected chi connectivity index (χ1v) is 18.7. The molecule has 0 radical (unpaired) electrons. The lowest BCUT2D eigenvalue weighted by molar-refractivity contribution is -0.140. The third-order valence-electron chi connectivity index (χ3n) is 8.80. The predicted molar refractivity (Wildman–Crippen MR) is 196 cm³/mol. The number of nitrogens with zero attached hydrogens (tertiary/aromatic N) is 2. The molecule has 4 aromatic rings. The van der Waals surface area contributed by atoms with E-state index in [1.807, 2.05) is 36.4 Å². The fourth-order valence-electron chi connectivity index (χ4n) is 6.17. The molecule has 1 unspecified atom stereocenters. The van der Waals surface area contributed by atoms with E-state index >= 15 is 0 Å². The number of carbonyl (C=O) groups is 2.